The molecule has 1 aromatic heterocycles. The van der Waals surface area contributed by atoms with Gasteiger partial charge >= 0.3 is 0 Å². The lowest BCUT2D eigenvalue weighted by Gasteiger charge is -2.30. The highest BCUT2D eigenvalue weighted by Gasteiger charge is 2.25. The molecule has 0 bridgehead atoms. The van der Waals surface area contributed by atoms with Gasteiger partial charge in [-0.1, -0.05) is 6.07 Å². The Bertz CT molecular complexity index is 887. The topological polar surface area (TPSA) is 72.3 Å². The summed E-state index contributed by atoms with van der Waals surface area (Å²) in [5.41, 5.74) is 0.655. The summed E-state index contributed by atoms with van der Waals surface area (Å²) in [5.74, 6) is 0.452. The quantitative estimate of drug-likeness (QED) is 0.687. The first-order valence-electron chi connectivity index (χ1n) is 9.41. The lowest BCUT2D eigenvalue weighted by atomic mass is 10.1. The highest BCUT2D eigenvalue weighted by molar-refractivity contribution is 7.10. The average molecular weight is 417 g/mol. The molecule has 0 aliphatic carbocycles. The monoisotopic (exact) mass is 416 g/mol. The summed E-state index contributed by atoms with van der Waals surface area (Å²) in [6.07, 6.45) is 1.73. The first-order valence-corrected chi connectivity index (χ1v) is 10.3. The van der Waals surface area contributed by atoms with Crippen LogP contribution in [0, 0.1) is 0 Å². The number of carbonyl (C=O) groups excluding carboxylic acids is 2. The van der Waals surface area contributed by atoms with E-state index in [9.17, 15) is 9.59 Å². The van der Waals surface area contributed by atoms with Crippen molar-refractivity contribution in [2.24, 2.45) is 0 Å². The van der Waals surface area contributed by atoms with Gasteiger partial charge in [-0.15, -0.1) is 11.3 Å². The van der Waals surface area contributed by atoms with Gasteiger partial charge in [-0.2, -0.15) is 0 Å². The third-order valence-electron chi connectivity index (χ3n) is 4.86. The number of hydrogen-bond donors (Lipinski definition) is 2. The van der Waals surface area contributed by atoms with E-state index < -0.39 is 0 Å². The predicted molar refractivity (Wildman–Crippen MR) is 113 cm³/mol. The lowest BCUT2D eigenvalue weighted by molar-refractivity contribution is -0.883. The molecule has 0 radical (unpaired) electrons. The fraction of sp³-hybridized carbons (Fsp3) is 0.333. The maximum absolute atomic E-state index is 13.1. The summed E-state index contributed by atoms with van der Waals surface area (Å²) in [6, 6.07) is 8.73. The maximum atomic E-state index is 13.1. The minimum absolute atomic E-state index is 0.167. The van der Waals surface area contributed by atoms with Gasteiger partial charge in [-0.25, -0.2) is 0 Å². The number of benzene rings is 1. The normalized spacial score (nSPS) is 15.1. The Hall–Kier alpha value is -2.84. The molecule has 8 heteroatoms. The van der Waals surface area contributed by atoms with E-state index in [0.29, 0.717) is 30.2 Å². The van der Waals surface area contributed by atoms with Gasteiger partial charge in [-0.3, -0.25) is 9.59 Å². The highest BCUT2D eigenvalue weighted by Crippen LogP contribution is 2.27. The molecule has 1 aliphatic heterocycles. The van der Waals surface area contributed by atoms with E-state index in [1.807, 2.05) is 17.5 Å². The molecule has 2 amide bonds. The van der Waals surface area contributed by atoms with Crippen molar-refractivity contribution >= 4 is 29.2 Å². The molecule has 0 atom stereocenters. The van der Waals surface area contributed by atoms with E-state index >= 15 is 0 Å². The van der Waals surface area contributed by atoms with Crippen LogP contribution in [-0.2, 0) is 4.79 Å². The highest BCUT2D eigenvalue weighted by atomic mass is 32.1. The SMILES string of the molecule is COc1ccc(C(=O)N/C(=C\c2cccs2)C(=O)N2CC[NH+](C)CC2)cc1OC. The number of likely N-dealkylation sites (N-methyl/N-ethyl adjacent to an activating group) is 1. The largest absolute Gasteiger partial charge is 0.493 e. The first-order chi connectivity index (χ1) is 14.0. The summed E-state index contributed by atoms with van der Waals surface area (Å²) in [7, 11) is 5.17. The molecular weight excluding hydrogens is 390 g/mol. The molecule has 2 aromatic rings. The second-order valence-electron chi connectivity index (χ2n) is 6.85. The molecule has 1 saturated heterocycles. The smallest absolute Gasteiger partial charge is 0.270 e. The molecule has 7 nitrogen and oxygen atoms in total. The van der Waals surface area contributed by atoms with E-state index in [0.717, 1.165) is 18.0 Å². The van der Waals surface area contributed by atoms with E-state index in [2.05, 4.69) is 12.4 Å². The molecule has 1 aromatic carbocycles. The van der Waals surface area contributed by atoms with E-state index in [4.69, 9.17) is 9.47 Å². The molecule has 2 N–H and O–H groups in total. The molecule has 1 aliphatic rings. The van der Waals surface area contributed by atoms with E-state index in [1.54, 1.807) is 29.2 Å². The molecule has 0 spiro atoms. The summed E-state index contributed by atoms with van der Waals surface area (Å²) < 4.78 is 10.5. The third kappa shape index (κ3) is 5.16. The summed E-state index contributed by atoms with van der Waals surface area (Å²) in [5, 5.41) is 4.74. The van der Waals surface area contributed by atoms with Gasteiger partial charge in [-0.05, 0) is 35.7 Å². The Balaban J connectivity index is 1.83. The third-order valence-corrected chi connectivity index (χ3v) is 5.68. The van der Waals surface area contributed by atoms with Gasteiger partial charge < -0.3 is 24.6 Å². The molecule has 3 rings (SSSR count). The van der Waals surface area contributed by atoms with Crippen molar-refractivity contribution in [1.82, 2.24) is 10.2 Å². The minimum atomic E-state index is -0.373. The van der Waals surface area contributed by atoms with Crippen molar-refractivity contribution in [2.45, 2.75) is 0 Å². The minimum Gasteiger partial charge on any atom is -0.493 e. The number of quaternary nitrogens is 1. The number of piperazine rings is 1. The molecule has 1 fully saturated rings. The fourth-order valence-electron chi connectivity index (χ4n) is 3.10. The van der Waals surface area contributed by atoms with Crippen molar-refractivity contribution in [1.29, 1.82) is 0 Å². The maximum Gasteiger partial charge on any atom is 0.270 e. The van der Waals surface area contributed by atoms with Gasteiger partial charge in [0.1, 0.15) is 5.70 Å². The Kier molecular flexibility index (Phi) is 6.90. The van der Waals surface area contributed by atoms with Crippen molar-refractivity contribution in [3.8, 4) is 11.5 Å². The van der Waals surface area contributed by atoms with Crippen LogP contribution in [0.25, 0.3) is 6.08 Å². The van der Waals surface area contributed by atoms with Gasteiger partial charge in [0.15, 0.2) is 11.5 Å². The number of methoxy groups -OCH3 is 2. The van der Waals surface area contributed by atoms with E-state index in [1.165, 1.54) is 30.5 Å². The Morgan fingerprint density at radius 1 is 1.14 bits per heavy atom. The average Bonchev–Trinajstić information content (AvgIpc) is 3.25. The van der Waals surface area contributed by atoms with Crippen molar-refractivity contribution < 1.29 is 24.0 Å². The molecule has 0 unspecified atom stereocenters. The number of rotatable bonds is 6. The van der Waals surface area contributed by atoms with Crippen molar-refractivity contribution in [3.05, 3.63) is 51.8 Å². The van der Waals surface area contributed by atoms with Crippen LogP contribution < -0.4 is 19.7 Å². The predicted octanol–water partition coefficient (Wildman–Crippen LogP) is 0.893. The van der Waals surface area contributed by atoms with Crippen LogP contribution in [0.2, 0.25) is 0 Å². The zero-order chi connectivity index (χ0) is 20.8. The Morgan fingerprint density at radius 2 is 1.86 bits per heavy atom. The zero-order valence-corrected chi connectivity index (χ0v) is 17.7. The standard InChI is InChI=1S/C21H25N3O4S/c1-23-8-10-24(11-9-23)21(26)17(14-16-5-4-12-29-16)22-20(25)15-6-7-18(27-2)19(13-15)28-3/h4-7,12-14H,8-11H2,1-3H3,(H,22,25)/p+1/b17-14-. The molecule has 154 valence electrons. The second-order valence-corrected chi connectivity index (χ2v) is 7.83. The fourth-order valence-corrected chi connectivity index (χ4v) is 3.76. The molecule has 29 heavy (non-hydrogen) atoms. The van der Waals surface area contributed by atoms with Gasteiger partial charge in [0.05, 0.1) is 47.4 Å². The zero-order valence-electron chi connectivity index (χ0n) is 16.9. The summed E-state index contributed by atoms with van der Waals surface area (Å²) >= 11 is 1.51. The van der Waals surface area contributed by atoms with Gasteiger partial charge in [0.2, 0.25) is 0 Å². The molecule has 0 saturated carbocycles. The van der Waals surface area contributed by atoms with E-state index in [-0.39, 0.29) is 17.5 Å². The van der Waals surface area contributed by atoms with Gasteiger partial charge in [0, 0.05) is 10.4 Å². The van der Waals surface area contributed by atoms with Crippen LogP contribution in [0.15, 0.2) is 41.4 Å². The number of hydrogen-bond acceptors (Lipinski definition) is 5. The van der Waals surface area contributed by atoms with Gasteiger partial charge in [0.25, 0.3) is 11.8 Å². The van der Waals surface area contributed by atoms with Crippen LogP contribution in [0.4, 0.5) is 0 Å². The van der Waals surface area contributed by atoms with Crippen molar-refractivity contribution in [2.75, 3.05) is 47.4 Å². The number of nitrogens with zero attached hydrogens (tertiary/aromatic N) is 1. The number of ether oxygens (including phenoxy) is 2. The Labute approximate surface area is 174 Å². The van der Waals surface area contributed by atoms with Crippen LogP contribution >= 0.6 is 11.3 Å². The number of thiophene rings is 1. The number of nitrogens with one attached hydrogen (secondary N) is 2. The van der Waals surface area contributed by atoms with Crippen molar-refractivity contribution in [3.63, 3.8) is 0 Å². The first kappa shape index (κ1) is 20.9. The molecule has 2 heterocycles. The van der Waals surface area contributed by atoms with Crippen LogP contribution in [0.1, 0.15) is 15.2 Å². The van der Waals surface area contributed by atoms with Crippen LogP contribution in [0.5, 0.6) is 11.5 Å². The van der Waals surface area contributed by atoms with Crippen LogP contribution in [0.3, 0.4) is 0 Å². The summed E-state index contributed by atoms with van der Waals surface area (Å²) in [6.45, 7) is 3.11. The second kappa shape index (κ2) is 9.58. The number of carbonyl (C=O) groups is 2. The lowest BCUT2D eigenvalue weighted by Crippen LogP contribution is -3.12. The van der Waals surface area contributed by atoms with Crippen LogP contribution in [-0.4, -0.2) is 64.2 Å². The Morgan fingerprint density at radius 3 is 2.48 bits per heavy atom. The summed E-state index contributed by atoms with van der Waals surface area (Å²) in [4.78, 5) is 30.1. The number of amides is 2. The molecular formula is C21H26N3O4S+.